The number of sulfonamides is 1. The van der Waals surface area contributed by atoms with Gasteiger partial charge in [-0.15, -0.1) is 0 Å². The second kappa shape index (κ2) is 6.13. The monoisotopic (exact) mass is 337 g/mol. The van der Waals surface area contributed by atoms with Gasteiger partial charge in [-0.2, -0.15) is 4.31 Å². The molecule has 23 heavy (non-hydrogen) atoms. The Hall–Kier alpha value is -1.60. The van der Waals surface area contributed by atoms with Crippen LogP contribution in [0.5, 0.6) is 0 Å². The van der Waals surface area contributed by atoms with Crippen molar-refractivity contribution < 1.29 is 13.2 Å². The number of fused-ring (bicyclic) bond motifs is 3. The highest BCUT2D eigenvalue weighted by Gasteiger charge is 2.35. The number of carbonyl (C=O) groups excluding carboxylic acids is 1. The molecule has 0 saturated carbocycles. The van der Waals surface area contributed by atoms with Crippen LogP contribution in [0.2, 0.25) is 0 Å². The fourth-order valence-corrected chi connectivity index (χ4v) is 4.93. The van der Waals surface area contributed by atoms with Gasteiger partial charge in [0.2, 0.25) is 15.9 Å². The third kappa shape index (κ3) is 2.72. The first-order chi connectivity index (χ1) is 11.0. The molecule has 1 atom stereocenters. The first kappa shape index (κ1) is 16.3. The van der Waals surface area contributed by atoms with Crippen molar-refractivity contribution >= 4 is 27.3 Å². The lowest BCUT2D eigenvalue weighted by molar-refractivity contribution is -0.118. The first-order valence-electron chi connectivity index (χ1n) is 8.20. The summed E-state index contributed by atoms with van der Waals surface area (Å²) in [5, 5.41) is 2.88. The summed E-state index contributed by atoms with van der Waals surface area (Å²) in [5.74, 6) is -0.0328. The van der Waals surface area contributed by atoms with E-state index in [1.165, 1.54) is 4.31 Å². The average molecular weight is 337 g/mol. The number of nitrogens with zero attached hydrogens (tertiary/aromatic N) is 2. The summed E-state index contributed by atoms with van der Waals surface area (Å²) >= 11 is 0. The van der Waals surface area contributed by atoms with E-state index in [-0.39, 0.29) is 16.8 Å². The number of nitrogens with one attached hydrogen (secondary N) is 1. The predicted octanol–water partition coefficient (Wildman–Crippen LogP) is 2.03. The molecule has 7 heteroatoms. The Labute approximate surface area is 137 Å². The number of rotatable bonds is 4. The molecule has 1 fully saturated rings. The summed E-state index contributed by atoms with van der Waals surface area (Å²) in [6, 6.07) is 4.94. The zero-order valence-corrected chi connectivity index (χ0v) is 14.4. The number of amides is 1. The molecule has 0 unspecified atom stereocenters. The van der Waals surface area contributed by atoms with E-state index in [1.54, 1.807) is 12.1 Å². The summed E-state index contributed by atoms with van der Waals surface area (Å²) in [7, 11) is -3.52. The zero-order chi connectivity index (χ0) is 16.6. The van der Waals surface area contributed by atoms with E-state index in [9.17, 15) is 13.2 Å². The van der Waals surface area contributed by atoms with Crippen LogP contribution in [0.15, 0.2) is 23.1 Å². The SMILES string of the molecule is CCN(CC)S(=O)(=O)c1ccc2c(c1)NC(=O)[C@H]1CCCCN21. The molecule has 1 aromatic rings. The van der Waals surface area contributed by atoms with Crippen molar-refractivity contribution in [2.45, 2.75) is 44.0 Å². The fourth-order valence-electron chi connectivity index (χ4n) is 3.45. The topological polar surface area (TPSA) is 69.7 Å². The van der Waals surface area contributed by atoms with E-state index in [1.807, 2.05) is 19.9 Å². The van der Waals surface area contributed by atoms with E-state index >= 15 is 0 Å². The summed E-state index contributed by atoms with van der Waals surface area (Å²) in [5.41, 5.74) is 1.52. The Bertz CT molecular complexity index is 713. The van der Waals surface area contributed by atoms with Gasteiger partial charge in [0, 0.05) is 19.6 Å². The molecule has 1 N–H and O–H groups in total. The second-order valence-corrected chi connectivity index (χ2v) is 7.90. The Morgan fingerprint density at radius 1 is 1.26 bits per heavy atom. The maximum atomic E-state index is 12.6. The van der Waals surface area contributed by atoms with E-state index in [4.69, 9.17) is 0 Å². The van der Waals surface area contributed by atoms with E-state index in [0.29, 0.717) is 18.8 Å². The van der Waals surface area contributed by atoms with Crippen LogP contribution in [0.3, 0.4) is 0 Å². The van der Waals surface area contributed by atoms with Gasteiger partial charge in [0.05, 0.1) is 16.3 Å². The molecule has 0 spiro atoms. The van der Waals surface area contributed by atoms with Crippen molar-refractivity contribution in [1.82, 2.24) is 4.31 Å². The van der Waals surface area contributed by atoms with Crippen molar-refractivity contribution in [3.8, 4) is 0 Å². The minimum absolute atomic E-state index is 0.0328. The van der Waals surface area contributed by atoms with Crippen molar-refractivity contribution in [2.75, 3.05) is 29.9 Å². The Kier molecular flexibility index (Phi) is 4.33. The molecule has 126 valence electrons. The highest BCUT2D eigenvalue weighted by atomic mass is 32.2. The molecule has 2 aliphatic heterocycles. The fraction of sp³-hybridized carbons (Fsp3) is 0.562. The summed E-state index contributed by atoms with van der Waals surface area (Å²) in [6.45, 7) is 5.33. The van der Waals surface area contributed by atoms with Gasteiger partial charge in [0.1, 0.15) is 6.04 Å². The Morgan fingerprint density at radius 2 is 2.00 bits per heavy atom. The number of benzene rings is 1. The molecule has 1 aromatic carbocycles. The number of hydrogen-bond acceptors (Lipinski definition) is 4. The zero-order valence-electron chi connectivity index (χ0n) is 13.6. The normalized spacial score (nSPS) is 20.9. The number of hydrogen-bond donors (Lipinski definition) is 1. The van der Waals surface area contributed by atoms with Crippen molar-refractivity contribution in [2.24, 2.45) is 0 Å². The lowest BCUT2D eigenvalue weighted by Gasteiger charge is -2.41. The molecule has 1 saturated heterocycles. The first-order valence-corrected chi connectivity index (χ1v) is 9.64. The summed E-state index contributed by atoms with van der Waals surface area (Å²) in [6.07, 6.45) is 2.96. The van der Waals surface area contributed by atoms with Crippen molar-refractivity contribution in [3.05, 3.63) is 18.2 Å². The standard InChI is InChI=1S/C16H23N3O3S/c1-3-18(4-2)23(21,22)12-8-9-14-13(11-12)17-16(20)15-7-5-6-10-19(14)15/h8-9,11,15H,3-7,10H2,1-2H3,(H,17,20)/t15-/m1/s1. The smallest absolute Gasteiger partial charge is 0.247 e. The van der Waals surface area contributed by atoms with E-state index in [0.717, 1.165) is 31.5 Å². The number of carbonyl (C=O) groups is 1. The van der Waals surface area contributed by atoms with Gasteiger partial charge >= 0.3 is 0 Å². The van der Waals surface area contributed by atoms with Crippen LogP contribution in [0.4, 0.5) is 11.4 Å². The molecule has 0 radical (unpaired) electrons. The minimum atomic E-state index is -3.52. The molecular formula is C16H23N3O3S. The van der Waals surface area contributed by atoms with Crippen LogP contribution >= 0.6 is 0 Å². The molecule has 0 aliphatic carbocycles. The van der Waals surface area contributed by atoms with Crippen LogP contribution in [0.1, 0.15) is 33.1 Å². The van der Waals surface area contributed by atoms with E-state index < -0.39 is 10.0 Å². The average Bonchev–Trinajstić information content (AvgIpc) is 2.55. The maximum absolute atomic E-state index is 12.6. The van der Waals surface area contributed by atoms with Crippen LogP contribution in [-0.2, 0) is 14.8 Å². The lowest BCUT2D eigenvalue weighted by atomic mass is 9.97. The predicted molar refractivity (Wildman–Crippen MR) is 90.2 cm³/mol. The Morgan fingerprint density at radius 3 is 2.70 bits per heavy atom. The van der Waals surface area contributed by atoms with Crippen LogP contribution in [-0.4, -0.2) is 44.3 Å². The van der Waals surface area contributed by atoms with Gasteiger partial charge in [-0.1, -0.05) is 13.8 Å². The van der Waals surface area contributed by atoms with Crippen LogP contribution in [0.25, 0.3) is 0 Å². The summed E-state index contributed by atoms with van der Waals surface area (Å²) < 4.78 is 26.7. The maximum Gasteiger partial charge on any atom is 0.247 e. The molecule has 3 rings (SSSR count). The molecule has 2 heterocycles. The van der Waals surface area contributed by atoms with Gasteiger partial charge in [-0.05, 0) is 37.5 Å². The van der Waals surface area contributed by atoms with E-state index in [2.05, 4.69) is 10.2 Å². The largest absolute Gasteiger partial charge is 0.358 e. The third-order valence-electron chi connectivity index (χ3n) is 4.68. The number of piperidine rings is 1. The van der Waals surface area contributed by atoms with Crippen molar-refractivity contribution in [1.29, 1.82) is 0 Å². The van der Waals surface area contributed by atoms with Gasteiger partial charge in [-0.3, -0.25) is 4.79 Å². The Balaban J connectivity index is 2.00. The second-order valence-electron chi connectivity index (χ2n) is 5.96. The number of anilines is 2. The molecule has 1 amide bonds. The molecular weight excluding hydrogens is 314 g/mol. The highest BCUT2D eigenvalue weighted by Crippen LogP contribution is 2.37. The minimum Gasteiger partial charge on any atom is -0.358 e. The van der Waals surface area contributed by atoms with Crippen molar-refractivity contribution in [3.63, 3.8) is 0 Å². The van der Waals surface area contributed by atoms with Crippen LogP contribution in [0, 0.1) is 0 Å². The molecule has 0 bridgehead atoms. The third-order valence-corrected chi connectivity index (χ3v) is 6.73. The molecule has 6 nitrogen and oxygen atoms in total. The van der Waals surface area contributed by atoms with Gasteiger partial charge in [0.15, 0.2) is 0 Å². The quantitative estimate of drug-likeness (QED) is 0.913. The highest BCUT2D eigenvalue weighted by molar-refractivity contribution is 7.89. The van der Waals surface area contributed by atoms with Gasteiger partial charge in [-0.25, -0.2) is 8.42 Å². The van der Waals surface area contributed by atoms with Gasteiger partial charge in [0.25, 0.3) is 0 Å². The molecule has 0 aromatic heterocycles. The molecule has 2 aliphatic rings. The summed E-state index contributed by atoms with van der Waals surface area (Å²) in [4.78, 5) is 14.6. The van der Waals surface area contributed by atoms with Gasteiger partial charge < -0.3 is 10.2 Å². The van der Waals surface area contributed by atoms with Crippen LogP contribution < -0.4 is 10.2 Å². The lowest BCUT2D eigenvalue weighted by Crippen LogP contribution is -2.50.